The van der Waals surface area contributed by atoms with E-state index in [0.717, 1.165) is 5.39 Å². The van der Waals surface area contributed by atoms with Crippen LogP contribution < -0.4 is 10.5 Å². The molecule has 1 aliphatic rings. The van der Waals surface area contributed by atoms with Gasteiger partial charge >= 0.3 is 0 Å². The molecule has 1 unspecified atom stereocenters. The molecule has 104 valence electrons. The molecular weight excluding hydrogens is 282 g/mol. The van der Waals surface area contributed by atoms with Crippen LogP contribution in [-0.2, 0) is 10.0 Å². The molecule has 0 radical (unpaired) electrons. The van der Waals surface area contributed by atoms with Gasteiger partial charge in [0.25, 0.3) is 6.04 Å². The van der Waals surface area contributed by atoms with Gasteiger partial charge in [0.2, 0.25) is 10.0 Å². The van der Waals surface area contributed by atoms with Gasteiger partial charge in [-0.3, -0.25) is 10.1 Å². The zero-order valence-corrected chi connectivity index (χ0v) is 11.1. The van der Waals surface area contributed by atoms with Gasteiger partial charge in [-0.05, 0) is 29.0 Å². The number of rotatable bonds is 2. The molecule has 2 aromatic carbocycles. The molecule has 20 heavy (non-hydrogen) atoms. The molecule has 2 aromatic rings. The van der Waals surface area contributed by atoms with Crippen LogP contribution in [-0.4, -0.2) is 19.9 Å². The standard InChI is InChI=1S/C12H11N3O4S/c13-20(18,19)8-3-1-7-2-4-10-12(9(7)5-8)11(6-14-10)15(16)17/h1-5,11,14H,6H2,(H2,13,18,19). The van der Waals surface area contributed by atoms with Crippen LogP contribution in [0.3, 0.4) is 0 Å². The van der Waals surface area contributed by atoms with Crippen molar-refractivity contribution in [1.29, 1.82) is 0 Å². The maximum Gasteiger partial charge on any atom is 0.257 e. The summed E-state index contributed by atoms with van der Waals surface area (Å²) in [6.45, 7) is 0.195. The average molecular weight is 293 g/mol. The smallest absolute Gasteiger partial charge is 0.257 e. The van der Waals surface area contributed by atoms with E-state index in [-0.39, 0.29) is 16.4 Å². The summed E-state index contributed by atoms with van der Waals surface area (Å²) in [7, 11) is -3.84. The third-order valence-corrected chi connectivity index (χ3v) is 4.35. The van der Waals surface area contributed by atoms with E-state index in [9.17, 15) is 18.5 Å². The lowest BCUT2D eigenvalue weighted by Gasteiger charge is -2.08. The number of benzene rings is 2. The summed E-state index contributed by atoms with van der Waals surface area (Å²) in [4.78, 5) is 10.7. The highest BCUT2D eigenvalue weighted by atomic mass is 32.2. The van der Waals surface area contributed by atoms with Gasteiger partial charge < -0.3 is 5.32 Å². The highest BCUT2D eigenvalue weighted by Crippen LogP contribution is 2.38. The van der Waals surface area contributed by atoms with Crippen molar-refractivity contribution in [3.63, 3.8) is 0 Å². The first kappa shape index (κ1) is 12.8. The largest absolute Gasteiger partial charge is 0.377 e. The SMILES string of the molecule is NS(=O)(=O)c1ccc2ccc3c(c2c1)C([N+](=O)[O-])CN3. The quantitative estimate of drug-likeness (QED) is 0.638. The first-order valence-electron chi connectivity index (χ1n) is 5.85. The first-order valence-corrected chi connectivity index (χ1v) is 7.39. The van der Waals surface area contributed by atoms with Crippen molar-refractivity contribution in [3.8, 4) is 0 Å². The van der Waals surface area contributed by atoms with Crippen LogP contribution in [0, 0.1) is 10.1 Å². The maximum absolute atomic E-state index is 11.4. The molecular formula is C12H11N3O4S. The minimum Gasteiger partial charge on any atom is -0.377 e. The first-order chi connectivity index (χ1) is 9.38. The fraction of sp³-hybridized carbons (Fsp3) is 0.167. The van der Waals surface area contributed by atoms with Crippen molar-refractivity contribution in [3.05, 3.63) is 46.0 Å². The number of anilines is 1. The predicted molar refractivity (Wildman–Crippen MR) is 73.5 cm³/mol. The zero-order chi connectivity index (χ0) is 14.5. The number of nitrogens with two attached hydrogens (primary N) is 1. The number of nitrogens with zero attached hydrogens (tertiary/aromatic N) is 1. The summed E-state index contributed by atoms with van der Waals surface area (Å²) in [6.07, 6.45) is 0. The van der Waals surface area contributed by atoms with Gasteiger partial charge in [-0.2, -0.15) is 0 Å². The number of primary sulfonamides is 1. The van der Waals surface area contributed by atoms with Gasteiger partial charge in [0, 0.05) is 10.6 Å². The van der Waals surface area contributed by atoms with E-state index >= 15 is 0 Å². The van der Waals surface area contributed by atoms with Crippen LogP contribution in [0.25, 0.3) is 10.8 Å². The Bertz CT molecular complexity index is 832. The van der Waals surface area contributed by atoms with Crippen LogP contribution in [0.5, 0.6) is 0 Å². The van der Waals surface area contributed by atoms with Crippen molar-refractivity contribution in [1.82, 2.24) is 0 Å². The minimum atomic E-state index is -3.84. The van der Waals surface area contributed by atoms with Gasteiger partial charge in [-0.15, -0.1) is 0 Å². The van der Waals surface area contributed by atoms with E-state index in [1.54, 1.807) is 18.2 Å². The Hall–Kier alpha value is -2.19. The van der Waals surface area contributed by atoms with Crippen LogP contribution in [0.2, 0.25) is 0 Å². The number of nitrogens with one attached hydrogen (secondary N) is 1. The van der Waals surface area contributed by atoms with E-state index in [2.05, 4.69) is 5.32 Å². The number of nitro groups is 1. The second kappa shape index (κ2) is 4.15. The lowest BCUT2D eigenvalue weighted by atomic mass is 10.00. The lowest BCUT2D eigenvalue weighted by Crippen LogP contribution is -2.13. The molecule has 0 aromatic heterocycles. The van der Waals surface area contributed by atoms with Crippen LogP contribution in [0.1, 0.15) is 11.6 Å². The van der Waals surface area contributed by atoms with E-state index < -0.39 is 16.1 Å². The van der Waals surface area contributed by atoms with Crippen molar-refractivity contribution in [2.24, 2.45) is 5.14 Å². The topological polar surface area (TPSA) is 115 Å². The number of hydrogen-bond acceptors (Lipinski definition) is 5. The van der Waals surface area contributed by atoms with Gasteiger partial charge in [-0.25, -0.2) is 13.6 Å². The molecule has 0 fully saturated rings. The van der Waals surface area contributed by atoms with Crippen LogP contribution in [0.15, 0.2) is 35.2 Å². The molecule has 3 rings (SSSR count). The Balaban J connectivity index is 2.34. The maximum atomic E-state index is 11.4. The average Bonchev–Trinajstić information content (AvgIpc) is 2.81. The number of hydrogen-bond donors (Lipinski definition) is 2. The summed E-state index contributed by atoms with van der Waals surface area (Å²) in [5.41, 5.74) is 1.17. The second-order valence-corrected chi connectivity index (χ2v) is 6.20. The molecule has 0 aliphatic carbocycles. The van der Waals surface area contributed by atoms with Crippen LogP contribution in [0.4, 0.5) is 5.69 Å². The van der Waals surface area contributed by atoms with Crippen molar-refractivity contribution < 1.29 is 13.3 Å². The van der Waals surface area contributed by atoms with Gasteiger partial charge in [0.15, 0.2) is 0 Å². The summed E-state index contributed by atoms with van der Waals surface area (Å²) in [6, 6.07) is 7.06. The number of fused-ring (bicyclic) bond motifs is 3. The Labute approximate surface area is 114 Å². The van der Waals surface area contributed by atoms with Gasteiger partial charge in [0.05, 0.1) is 17.0 Å². The van der Waals surface area contributed by atoms with Crippen molar-refractivity contribution in [2.75, 3.05) is 11.9 Å². The highest BCUT2D eigenvalue weighted by Gasteiger charge is 2.33. The summed E-state index contributed by atoms with van der Waals surface area (Å²) in [5, 5.41) is 20.5. The Morgan fingerprint density at radius 1 is 1.30 bits per heavy atom. The van der Waals surface area contributed by atoms with Crippen LogP contribution >= 0.6 is 0 Å². The molecule has 1 atom stereocenters. The van der Waals surface area contributed by atoms with E-state index in [1.807, 2.05) is 0 Å². The fourth-order valence-corrected chi connectivity index (χ4v) is 3.04. The number of sulfonamides is 1. The molecule has 0 saturated heterocycles. The molecule has 7 nitrogen and oxygen atoms in total. The predicted octanol–water partition coefficient (Wildman–Crippen LogP) is 1.23. The zero-order valence-electron chi connectivity index (χ0n) is 10.2. The van der Waals surface area contributed by atoms with Gasteiger partial charge in [-0.1, -0.05) is 12.1 Å². The molecule has 8 heteroatoms. The lowest BCUT2D eigenvalue weighted by molar-refractivity contribution is -0.523. The normalized spacial score (nSPS) is 17.8. The van der Waals surface area contributed by atoms with E-state index in [1.165, 1.54) is 12.1 Å². The molecule has 1 heterocycles. The third kappa shape index (κ3) is 1.89. The Morgan fingerprint density at radius 3 is 2.65 bits per heavy atom. The molecule has 0 amide bonds. The molecule has 3 N–H and O–H groups in total. The monoisotopic (exact) mass is 293 g/mol. The summed E-state index contributed by atoms with van der Waals surface area (Å²) in [5.74, 6) is 0. The summed E-state index contributed by atoms with van der Waals surface area (Å²) >= 11 is 0. The molecule has 1 aliphatic heterocycles. The Kier molecular flexibility index (Phi) is 2.66. The second-order valence-electron chi connectivity index (χ2n) is 4.64. The summed E-state index contributed by atoms with van der Waals surface area (Å²) < 4.78 is 22.8. The minimum absolute atomic E-state index is 0.0487. The molecule has 0 spiro atoms. The molecule has 0 saturated carbocycles. The Morgan fingerprint density at radius 2 is 2.00 bits per heavy atom. The molecule has 0 bridgehead atoms. The van der Waals surface area contributed by atoms with E-state index in [4.69, 9.17) is 5.14 Å². The fourth-order valence-electron chi connectivity index (χ4n) is 2.50. The van der Waals surface area contributed by atoms with Crippen molar-refractivity contribution in [2.45, 2.75) is 10.9 Å². The van der Waals surface area contributed by atoms with Gasteiger partial charge in [0.1, 0.15) is 0 Å². The highest BCUT2D eigenvalue weighted by molar-refractivity contribution is 7.89. The third-order valence-electron chi connectivity index (χ3n) is 3.44. The van der Waals surface area contributed by atoms with Crippen molar-refractivity contribution >= 4 is 26.5 Å². The van der Waals surface area contributed by atoms with E-state index in [0.29, 0.717) is 16.6 Å².